The summed E-state index contributed by atoms with van der Waals surface area (Å²) in [5.41, 5.74) is 1.26. The monoisotopic (exact) mass is 389 g/mol. The number of carbonyl (C=O) groups is 1. The van der Waals surface area contributed by atoms with Crippen molar-refractivity contribution in [2.75, 3.05) is 13.1 Å². The zero-order valence-electron chi connectivity index (χ0n) is 16.6. The number of nitrogens with zero attached hydrogens (tertiary/aromatic N) is 3. The van der Waals surface area contributed by atoms with Crippen molar-refractivity contribution in [1.29, 1.82) is 0 Å². The van der Waals surface area contributed by atoms with Gasteiger partial charge in [0.1, 0.15) is 17.2 Å². The first-order valence-electron chi connectivity index (χ1n) is 9.54. The van der Waals surface area contributed by atoms with E-state index >= 15 is 0 Å². The maximum atomic E-state index is 14.3. The van der Waals surface area contributed by atoms with Gasteiger partial charge >= 0.3 is 6.09 Å². The molecule has 4 rings (SSSR count). The first kappa shape index (κ1) is 18.9. The van der Waals surface area contributed by atoms with E-state index in [0.29, 0.717) is 18.8 Å². The number of ether oxygens (including phenoxy) is 1. The van der Waals surface area contributed by atoms with Crippen LogP contribution in [0.15, 0.2) is 24.4 Å². The predicted molar refractivity (Wildman–Crippen MR) is 101 cm³/mol. The molecule has 1 aromatic carbocycles. The van der Waals surface area contributed by atoms with Gasteiger partial charge in [0, 0.05) is 24.1 Å². The van der Waals surface area contributed by atoms with E-state index in [1.54, 1.807) is 11.1 Å². The fourth-order valence-electron chi connectivity index (χ4n) is 4.33. The summed E-state index contributed by atoms with van der Waals surface area (Å²) in [4.78, 5) is 13.9. The summed E-state index contributed by atoms with van der Waals surface area (Å²) in [6, 6.07) is 3.60. The number of aryl methyl sites for hydroxylation is 1. The molecule has 1 saturated carbocycles. The lowest BCUT2D eigenvalue weighted by molar-refractivity contribution is -0.0924. The van der Waals surface area contributed by atoms with Crippen molar-refractivity contribution < 1.29 is 18.3 Å². The number of likely N-dealkylation sites (tertiary alicyclic amines) is 1. The van der Waals surface area contributed by atoms with Crippen LogP contribution in [-0.4, -0.2) is 39.5 Å². The largest absolute Gasteiger partial charge is 0.444 e. The molecule has 0 radical (unpaired) electrons. The third kappa shape index (κ3) is 3.27. The minimum absolute atomic E-state index is 0.0825. The van der Waals surface area contributed by atoms with Crippen molar-refractivity contribution in [3.05, 3.63) is 41.6 Å². The SMILES string of the molecule is Cc1cnn(C2CC3(C2)CN(C(=O)OC(C)(C)C)C3)c1-c1cc(F)ccc1F. The third-order valence-corrected chi connectivity index (χ3v) is 5.55. The average Bonchev–Trinajstić information content (AvgIpc) is 2.87. The molecule has 0 bridgehead atoms. The smallest absolute Gasteiger partial charge is 0.410 e. The maximum Gasteiger partial charge on any atom is 0.410 e. The Bertz CT molecular complexity index is 918. The van der Waals surface area contributed by atoms with Gasteiger partial charge in [-0.05, 0) is 64.3 Å². The van der Waals surface area contributed by atoms with E-state index < -0.39 is 17.2 Å². The molecule has 2 aromatic rings. The van der Waals surface area contributed by atoms with Crippen molar-refractivity contribution in [1.82, 2.24) is 14.7 Å². The quantitative estimate of drug-likeness (QED) is 0.747. The van der Waals surface area contributed by atoms with Crippen molar-refractivity contribution in [3.8, 4) is 11.3 Å². The topological polar surface area (TPSA) is 47.4 Å². The Morgan fingerprint density at radius 1 is 1.25 bits per heavy atom. The first-order valence-corrected chi connectivity index (χ1v) is 9.54. The van der Waals surface area contributed by atoms with Crippen molar-refractivity contribution in [2.24, 2.45) is 5.41 Å². The molecular weight excluding hydrogens is 364 g/mol. The summed E-state index contributed by atoms with van der Waals surface area (Å²) in [7, 11) is 0. The van der Waals surface area contributed by atoms with Crippen LogP contribution in [-0.2, 0) is 4.74 Å². The highest BCUT2D eigenvalue weighted by Gasteiger charge is 2.55. The van der Waals surface area contributed by atoms with Crippen LogP contribution in [0.2, 0.25) is 0 Å². The van der Waals surface area contributed by atoms with Crippen LogP contribution in [0.3, 0.4) is 0 Å². The molecular formula is C21H25F2N3O2. The van der Waals surface area contributed by atoms with Gasteiger partial charge in [-0.15, -0.1) is 0 Å². The number of carbonyl (C=O) groups excluding carboxylic acids is 1. The average molecular weight is 389 g/mol. The zero-order chi connectivity index (χ0) is 20.3. The highest BCUT2D eigenvalue weighted by molar-refractivity contribution is 5.69. The molecule has 1 aliphatic heterocycles. The molecule has 5 nitrogen and oxygen atoms in total. The van der Waals surface area contributed by atoms with E-state index in [1.807, 2.05) is 32.4 Å². The van der Waals surface area contributed by atoms with E-state index in [0.717, 1.165) is 30.5 Å². The van der Waals surface area contributed by atoms with E-state index in [1.165, 1.54) is 6.07 Å². The summed E-state index contributed by atoms with van der Waals surface area (Å²) < 4.78 is 35.2. The first-order chi connectivity index (χ1) is 13.1. The number of hydrogen-bond donors (Lipinski definition) is 0. The summed E-state index contributed by atoms with van der Waals surface area (Å²) in [5.74, 6) is -0.930. The predicted octanol–water partition coefficient (Wildman–Crippen LogP) is 4.71. The standard InChI is InChI=1S/C21H25F2N3O2/c1-13-10-24-26(18(13)16-7-14(22)5-6-17(16)23)15-8-21(9-15)11-25(12-21)19(27)28-20(2,3)4/h5-7,10,15H,8-9,11-12H2,1-4H3. The van der Waals surface area contributed by atoms with E-state index in [-0.39, 0.29) is 23.1 Å². The van der Waals surface area contributed by atoms with E-state index in [4.69, 9.17) is 4.74 Å². The van der Waals surface area contributed by atoms with Gasteiger partial charge in [-0.2, -0.15) is 5.10 Å². The second-order valence-corrected chi connectivity index (χ2v) is 9.14. The lowest BCUT2D eigenvalue weighted by Crippen LogP contribution is -2.64. The molecule has 1 aromatic heterocycles. The fourth-order valence-corrected chi connectivity index (χ4v) is 4.33. The number of halogens is 2. The zero-order valence-corrected chi connectivity index (χ0v) is 16.6. The normalized spacial score (nSPS) is 18.7. The van der Waals surface area contributed by atoms with Gasteiger partial charge in [0.2, 0.25) is 0 Å². The Kier molecular flexibility index (Phi) is 4.25. The second-order valence-electron chi connectivity index (χ2n) is 9.14. The van der Waals surface area contributed by atoms with Crippen LogP contribution in [0.25, 0.3) is 11.3 Å². The van der Waals surface area contributed by atoms with Gasteiger partial charge in [0.05, 0.1) is 17.9 Å². The molecule has 7 heteroatoms. The Balaban J connectivity index is 1.46. The number of aromatic nitrogens is 2. The summed E-state index contributed by atoms with van der Waals surface area (Å²) >= 11 is 0. The van der Waals surface area contributed by atoms with E-state index in [2.05, 4.69) is 5.10 Å². The third-order valence-electron chi connectivity index (χ3n) is 5.55. The number of rotatable bonds is 2. The molecule has 0 atom stereocenters. The molecule has 2 aliphatic rings. The van der Waals surface area contributed by atoms with Crippen LogP contribution in [0, 0.1) is 24.0 Å². The Hall–Kier alpha value is -2.44. The lowest BCUT2D eigenvalue weighted by atomic mass is 9.60. The van der Waals surface area contributed by atoms with Gasteiger partial charge in [-0.3, -0.25) is 4.68 Å². The molecule has 0 N–H and O–H groups in total. The van der Waals surface area contributed by atoms with Crippen LogP contribution in [0.5, 0.6) is 0 Å². The Labute approximate surface area is 163 Å². The highest BCUT2D eigenvalue weighted by Crippen LogP contribution is 2.55. The highest BCUT2D eigenvalue weighted by atomic mass is 19.1. The van der Waals surface area contributed by atoms with Gasteiger partial charge in [-0.1, -0.05) is 0 Å². The van der Waals surface area contributed by atoms with Crippen LogP contribution in [0.1, 0.15) is 45.2 Å². The van der Waals surface area contributed by atoms with Crippen LogP contribution < -0.4 is 0 Å². The summed E-state index contributed by atoms with van der Waals surface area (Å²) in [5, 5.41) is 4.43. The molecule has 0 unspecified atom stereocenters. The van der Waals surface area contributed by atoms with E-state index in [9.17, 15) is 13.6 Å². The number of hydrogen-bond acceptors (Lipinski definition) is 3. The van der Waals surface area contributed by atoms with Crippen LogP contribution >= 0.6 is 0 Å². The van der Waals surface area contributed by atoms with Gasteiger partial charge in [0.15, 0.2) is 0 Å². The maximum absolute atomic E-state index is 14.3. The fraction of sp³-hybridized carbons (Fsp3) is 0.524. The Morgan fingerprint density at radius 2 is 1.93 bits per heavy atom. The molecule has 28 heavy (non-hydrogen) atoms. The molecule has 1 saturated heterocycles. The number of benzene rings is 1. The summed E-state index contributed by atoms with van der Waals surface area (Å²) in [6.07, 6.45) is 3.13. The second kappa shape index (κ2) is 6.29. The summed E-state index contributed by atoms with van der Waals surface area (Å²) in [6.45, 7) is 8.75. The molecule has 2 heterocycles. The van der Waals surface area contributed by atoms with Crippen LogP contribution in [0.4, 0.5) is 13.6 Å². The Morgan fingerprint density at radius 3 is 2.57 bits per heavy atom. The van der Waals surface area contributed by atoms with Gasteiger partial charge in [0.25, 0.3) is 0 Å². The molecule has 2 fully saturated rings. The minimum atomic E-state index is -0.501. The lowest BCUT2D eigenvalue weighted by Gasteiger charge is -2.58. The molecule has 150 valence electrons. The number of amides is 1. The molecule has 1 amide bonds. The minimum Gasteiger partial charge on any atom is -0.444 e. The van der Waals surface area contributed by atoms with Crippen molar-refractivity contribution in [2.45, 2.75) is 52.2 Å². The van der Waals surface area contributed by atoms with Gasteiger partial charge < -0.3 is 9.64 Å². The molecule has 1 spiro atoms. The van der Waals surface area contributed by atoms with Crippen molar-refractivity contribution in [3.63, 3.8) is 0 Å². The van der Waals surface area contributed by atoms with Gasteiger partial charge in [-0.25, -0.2) is 13.6 Å². The van der Waals surface area contributed by atoms with Crippen molar-refractivity contribution >= 4 is 6.09 Å². The molecule has 1 aliphatic carbocycles.